The first kappa shape index (κ1) is 19.4. The maximum Gasteiger partial charge on any atom is 0.261 e. The first-order valence-electron chi connectivity index (χ1n) is 9.22. The lowest BCUT2D eigenvalue weighted by Gasteiger charge is -2.28. The van der Waals surface area contributed by atoms with Gasteiger partial charge in [-0.1, -0.05) is 49.4 Å². The topological polar surface area (TPSA) is 63.7 Å². The Kier molecular flexibility index (Phi) is 6.16. The van der Waals surface area contributed by atoms with Gasteiger partial charge in [0.25, 0.3) is 5.91 Å². The average Bonchev–Trinajstić information content (AvgIpc) is 3.05. The number of amides is 1. The number of para-hydroxylation sites is 1. The van der Waals surface area contributed by atoms with Crippen LogP contribution in [0.2, 0.25) is 0 Å². The van der Waals surface area contributed by atoms with E-state index < -0.39 is 9.84 Å². The summed E-state index contributed by atoms with van der Waals surface area (Å²) in [4.78, 5) is 14.5. The monoisotopic (exact) mass is 387 g/mol. The van der Waals surface area contributed by atoms with Crippen LogP contribution in [0, 0.1) is 0 Å². The molecule has 1 unspecified atom stereocenters. The van der Waals surface area contributed by atoms with Crippen LogP contribution in [-0.4, -0.2) is 43.4 Å². The molecule has 0 saturated carbocycles. The minimum absolute atomic E-state index is 0.0249. The Balaban J connectivity index is 1.73. The van der Waals surface area contributed by atoms with E-state index in [1.54, 1.807) is 17.0 Å². The van der Waals surface area contributed by atoms with E-state index in [0.717, 1.165) is 12.0 Å². The lowest BCUT2D eigenvalue weighted by atomic mass is 10.1. The van der Waals surface area contributed by atoms with Gasteiger partial charge >= 0.3 is 0 Å². The number of hydrogen-bond donors (Lipinski definition) is 0. The summed E-state index contributed by atoms with van der Waals surface area (Å²) in [5, 5.41) is 0. The van der Waals surface area contributed by atoms with E-state index in [0.29, 0.717) is 18.7 Å². The fraction of sp³-hybridized carbons (Fsp3) is 0.381. The number of benzene rings is 2. The molecule has 6 heteroatoms. The van der Waals surface area contributed by atoms with E-state index in [4.69, 9.17) is 4.74 Å². The molecule has 0 radical (unpaired) electrons. The molecule has 1 fully saturated rings. The molecule has 0 aliphatic carbocycles. The number of aryl methyl sites for hydroxylation is 1. The maximum atomic E-state index is 12.8. The molecule has 1 aliphatic heterocycles. The third-order valence-electron chi connectivity index (χ3n) is 4.86. The van der Waals surface area contributed by atoms with E-state index >= 15 is 0 Å². The lowest BCUT2D eigenvalue weighted by Crippen LogP contribution is -2.43. The Morgan fingerprint density at radius 1 is 1.07 bits per heavy atom. The Hall–Kier alpha value is -2.34. The molecule has 1 heterocycles. The molecule has 2 aromatic carbocycles. The van der Waals surface area contributed by atoms with Crippen LogP contribution >= 0.6 is 0 Å². The van der Waals surface area contributed by atoms with Crippen molar-refractivity contribution in [2.24, 2.45) is 0 Å². The zero-order chi connectivity index (χ0) is 19.3. The van der Waals surface area contributed by atoms with Gasteiger partial charge in [0.15, 0.2) is 16.4 Å². The van der Waals surface area contributed by atoms with Gasteiger partial charge in [-0.05, 0) is 36.1 Å². The van der Waals surface area contributed by atoms with Gasteiger partial charge in [0.2, 0.25) is 0 Å². The Labute approximate surface area is 160 Å². The smallest absolute Gasteiger partial charge is 0.261 e. The highest BCUT2D eigenvalue weighted by Crippen LogP contribution is 2.21. The van der Waals surface area contributed by atoms with Crippen molar-refractivity contribution in [2.75, 3.05) is 18.1 Å². The second kappa shape index (κ2) is 8.57. The van der Waals surface area contributed by atoms with Gasteiger partial charge in [0.1, 0.15) is 5.75 Å². The summed E-state index contributed by atoms with van der Waals surface area (Å²) >= 11 is 0. The van der Waals surface area contributed by atoms with Gasteiger partial charge in [0, 0.05) is 12.6 Å². The van der Waals surface area contributed by atoms with Crippen LogP contribution in [0.4, 0.5) is 0 Å². The maximum absolute atomic E-state index is 12.8. The Bertz CT molecular complexity index is 863. The molecule has 5 nitrogen and oxygen atoms in total. The molecule has 144 valence electrons. The summed E-state index contributed by atoms with van der Waals surface area (Å²) in [6.45, 7) is 2.38. The fourth-order valence-corrected chi connectivity index (χ4v) is 4.99. The molecular formula is C21H25NO4S. The molecule has 3 rings (SSSR count). The molecule has 1 aliphatic rings. The predicted molar refractivity (Wildman–Crippen MR) is 105 cm³/mol. The lowest BCUT2D eigenvalue weighted by molar-refractivity contribution is -0.136. The normalized spacial score (nSPS) is 18.2. The Morgan fingerprint density at radius 3 is 2.33 bits per heavy atom. The summed E-state index contributed by atoms with van der Waals surface area (Å²) in [5.74, 6) is 0.588. The first-order chi connectivity index (χ1) is 13.0. The highest BCUT2D eigenvalue weighted by atomic mass is 32.2. The summed E-state index contributed by atoms with van der Waals surface area (Å²) in [6.07, 6.45) is 1.43. The minimum atomic E-state index is -3.08. The quantitative estimate of drug-likeness (QED) is 0.733. The first-order valence-corrected chi connectivity index (χ1v) is 11.0. The van der Waals surface area contributed by atoms with Gasteiger partial charge in [-0.2, -0.15) is 0 Å². The van der Waals surface area contributed by atoms with Gasteiger partial charge < -0.3 is 9.64 Å². The molecule has 27 heavy (non-hydrogen) atoms. The van der Waals surface area contributed by atoms with Crippen LogP contribution in [0.1, 0.15) is 24.5 Å². The van der Waals surface area contributed by atoms with E-state index in [2.05, 4.69) is 6.92 Å². The van der Waals surface area contributed by atoms with Gasteiger partial charge in [-0.25, -0.2) is 8.42 Å². The van der Waals surface area contributed by atoms with Crippen molar-refractivity contribution in [3.63, 3.8) is 0 Å². The standard InChI is InChI=1S/C21H25NO4S/c1-2-17-8-10-18(11-9-17)14-22(19-12-13-27(24,25)16-19)21(23)15-26-20-6-4-3-5-7-20/h3-11,19H,2,12-16H2,1H3. The van der Waals surface area contributed by atoms with E-state index in [1.807, 2.05) is 42.5 Å². The number of ether oxygens (including phenoxy) is 1. The highest BCUT2D eigenvalue weighted by molar-refractivity contribution is 7.91. The number of hydrogen-bond acceptors (Lipinski definition) is 4. The molecular weight excluding hydrogens is 362 g/mol. The van der Waals surface area contributed by atoms with E-state index in [-0.39, 0.29) is 30.1 Å². The molecule has 0 aromatic heterocycles. The Morgan fingerprint density at radius 2 is 1.74 bits per heavy atom. The zero-order valence-electron chi connectivity index (χ0n) is 15.5. The van der Waals surface area contributed by atoms with Gasteiger partial charge in [-0.15, -0.1) is 0 Å². The number of sulfone groups is 1. The van der Waals surface area contributed by atoms with Crippen molar-refractivity contribution in [3.05, 3.63) is 65.7 Å². The largest absolute Gasteiger partial charge is 0.484 e. The third-order valence-corrected chi connectivity index (χ3v) is 6.61. The van der Waals surface area contributed by atoms with Gasteiger partial charge in [0.05, 0.1) is 11.5 Å². The zero-order valence-corrected chi connectivity index (χ0v) is 16.3. The summed E-state index contributed by atoms with van der Waals surface area (Å²) in [5.41, 5.74) is 2.22. The molecule has 1 atom stereocenters. The van der Waals surface area contributed by atoms with Crippen molar-refractivity contribution in [1.29, 1.82) is 0 Å². The summed E-state index contributed by atoms with van der Waals surface area (Å²) in [7, 11) is -3.08. The summed E-state index contributed by atoms with van der Waals surface area (Å²) in [6, 6.07) is 16.9. The minimum Gasteiger partial charge on any atom is -0.484 e. The van der Waals surface area contributed by atoms with Crippen molar-refractivity contribution in [2.45, 2.75) is 32.4 Å². The molecule has 0 spiro atoms. The van der Waals surface area contributed by atoms with Crippen LogP contribution in [0.25, 0.3) is 0 Å². The highest BCUT2D eigenvalue weighted by Gasteiger charge is 2.34. The van der Waals surface area contributed by atoms with Crippen LogP contribution in [-0.2, 0) is 27.6 Å². The van der Waals surface area contributed by atoms with E-state index in [9.17, 15) is 13.2 Å². The molecule has 1 saturated heterocycles. The fourth-order valence-electron chi connectivity index (χ4n) is 3.26. The number of nitrogens with zero attached hydrogens (tertiary/aromatic N) is 1. The van der Waals surface area contributed by atoms with Crippen molar-refractivity contribution in [1.82, 2.24) is 4.90 Å². The van der Waals surface area contributed by atoms with Crippen LogP contribution < -0.4 is 4.74 Å². The molecule has 0 N–H and O–H groups in total. The van der Waals surface area contributed by atoms with Gasteiger partial charge in [-0.3, -0.25) is 4.79 Å². The van der Waals surface area contributed by atoms with Crippen molar-refractivity contribution >= 4 is 15.7 Å². The van der Waals surface area contributed by atoms with Crippen LogP contribution in [0.15, 0.2) is 54.6 Å². The predicted octanol–water partition coefficient (Wildman–Crippen LogP) is 2.84. The second-order valence-electron chi connectivity index (χ2n) is 6.85. The summed E-state index contributed by atoms with van der Waals surface area (Å²) < 4.78 is 29.4. The molecule has 2 aromatic rings. The third kappa shape index (κ3) is 5.32. The van der Waals surface area contributed by atoms with E-state index in [1.165, 1.54) is 5.56 Å². The number of carbonyl (C=O) groups excluding carboxylic acids is 1. The average molecular weight is 388 g/mol. The molecule has 1 amide bonds. The van der Waals surface area contributed by atoms with Crippen molar-refractivity contribution < 1.29 is 17.9 Å². The molecule has 0 bridgehead atoms. The second-order valence-corrected chi connectivity index (χ2v) is 9.08. The number of carbonyl (C=O) groups is 1. The SMILES string of the molecule is CCc1ccc(CN(C(=O)COc2ccccc2)C2CCS(=O)(=O)C2)cc1. The van der Waals surface area contributed by atoms with Crippen molar-refractivity contribution in [3.8, 4) is 5.75 Å². The number of rotatable bonds is 7. The van der Waals surface area contributed by atoms with Crippen LogP contribution in [0.5, 0.6) is 5.75 Å². The van der Waals surface area contributed by atoms with Crippen LogP contribution in [0.3, 0.4) is 0 Å².